The lowest BCUT2D eigenvalue weighted by Gasteiger charge is -2.21. The van der Waals surface area contributed by atoms with Crippen molar-refractivity contribution < 1.29 is 4.79 Å². The van der Waals surface area contributed by atoms with E-state index in [1.807, 2.05) is 73.7 Å². The Morgan fingerprint density at radius 1 is 1.15 bits per heavy atom. The number of carbonyl (C=O) groups excluding carboxylic acids is 1. The van der Waals surface area contributed by atoms with Gasteiger partial charge in [0.1, 0.15) is 0 Å². The first-order valence-corrected chi connectivity index (χ1v) is 7.38. The van der Waals surface area contributed by atoms with Crippen LogP contribution in [0.4, 0.5) is 0 Å². The Morgan fingerprint density at radius 2 is 1.60 bits per heavy atom. The van der Waals surface area contributed by atoms with Gasteiger partial charge in [-0.1, -0.05) is 40.3 Å². The summed E-state index contributed by atoms with van der Waals surface area (Å²) in [6.07, 6.45) is 1.94. The highest BCUT2D eigenvalue weighted by molar-refractivity contribution is 5.92. The lowest BCUT2D eigenvalue weighted by Crippen LogP contribution is -2.35. The molecule has 0 aromatic carbocycles. The van der Waals surface area contributed by atoms with Gasteiger partial charge < -0.3 is 15.1 Å². The van der Waals surface area contributed by atoms with Gasteiger partial charge in [0.15, 0.2) is 0 Å². The van der Waals surface area contributed by atoms with Crippen LogP contribution in [0.3, 0.4) is 0 Å². The van der Waals surface area contributed by atoms with E-state index in [1.165, 1.54) is 0 Å². The Labute approximate surface area is 126 Å². The van der Waals surface area contributed by atoms with Gasteiger partial charge in [0, 0.05) is 25.8 Å². The molecule has 20 heavy (non-hydrogen) atoms. The van der Waals surface area contributed by atoms with Gasteiger partial charge in [0.05, 0.1) is 5.70 Å². The zero-order valence-corrected chi connectivity index (χ0v) is 15.0. The highest BCUT2D eigenvalue weighted by Crippen LogP contribution is 2.07. The highest BCUT2D eigenvalue weighted by Gasteiger charge is 2.11. The lowest BCUT2D eigenvalue weighted by atomic mass is 10.3. The maximum atomic E-state index is 11.7. The summed E-state index contributed by atoms with van der Waals surface area (Å²) < 4.78 is 0. The van der Waals surface area contributed by atoms with Crippen molar-refractivity contribution in [2.24, 2.45) is 0 Å². The monoisotopic (exact) mass is 285 g/mol. The van der Waals surface area contributed by atoms with Crippen molar-refractivity contribution in [3.05, 3.63) is 24.0 Å². The van der Waals surface area contributed by atoms with Crippen molar-refractivity contribution in [3.63, 3.8) is 0 Å². The standard InChI is InChI=1S/C12H23N3O.2C2H6/c1-7-10(2)15(6)11(3)12(16)13-8-9-14(4)5;2*1-2/h7H,3,8-9H2,1-2,4-6H3,(H,13,16);2*1-2H3/b10-7-;;. The second-order valence-electron chi connectivity index (χ2n) is 3.99. The third kappa shape index (κ3) is 11.8. The fraction of sp³-hybridized carbons (Fsp3) is 0.688. The first kappa shape index (κ1) is 23.8. The minimum Gasteiger partial charge on any atom is -0.349 e. The molecule has 0 spiro atoms. The Hall–Kier alpha value is -1.29. The third-order valence-corrected chi connectivity index (χ3v) is 2.46. The summed E-state index contributed by atoms with van der Waals surface area (Å²) >= 11 is 0. The molecule has 0 aliphatic rings. The molecule has 4 nitrogen and oxygen atoms in total. The van der Waals surface area contributed by atoms with Crippen LogP contribution < -0.4 is 5.32 Å². The molecule has 1 amide bonds. The number of carbonyl (C=O) groups is 1. The van der Waals surface area contributed by atoms with Gasteiger partial charge in [-0.15, -0.1) is 0 Å². The van der Waals surface area contributed by atoms with Crippen molar-refractivity contribution in [1.29, 1.82) is 0 Å². The van der Waals surface area contributed by atoms with Crippen LogP contribution >= 0.6 is 0 Å². The zero-order valence-electron chi connectivity index (χ0n) is 15.0. The van der Waals surface area contributed by atoms with Crippen LogP contribution in [0.1, 0.15) is 41.5 Å². The molecule has 0 rings (SSSR count). The molecule has 0 aliphatic heterocycles. The molecule has 1 N–H and O–H groups in total. The van der Waals surface area contributed by atoms with E-state index in [4.69, 9.17) is 0 Å². The van der Waals surface area contributed by atoms with Crippen LogP contribution in [0.2, 0.25) is 0 Å². The number of hydrogen-bond donors (Lipinski definition) is 1. The average Bonchev–Trinajstić information content (AvgIpc) is 2.48. The van der Waals surface area contributed by atoms with Gasteiger partial charge in [-0.25, -0.2) is 0 Å². The molecule has 0 aromatic rings. The molecule has 120 valence electrons. The molecule has 0 unspecified atom stereocenters. The SMILES string of the molecule is C=C(C(=O)NCCN(C)C)N(C)/C(C)=C\C.CC.CC. The fourth-order valence-corrected chi connectivity index (χ4v) is 1.05. The molecular formula is C16H35N3O. The van der Waals surface area contributed by atoms with Gasteiger partial charge in [-0.2, -0.15) is 0 Å². The molecule has 0 aliphatic carbocycles. The van der Waals surface area contributed by atoms with E-state index >= 15 is 0 Å². The molecule has 0 aromatic heterocycles. The Bertz CT molecular complexity index is 283. The molecule has 4 heteroatoms. The molecular weight excluding hydrogens is 250 g/mol. The smallest absolute Gasteiger partial charge is 0.267 e. The van der Waals surface area contributed by atoms with Crippen LogP contribution in [0.15, 0.2) is 24.0 Å². The van der Waals surface area contributed by atoms with E-state index in [-0.39, 0.29) is 5.91 Å². The number of amides is 1. The second kappa shape index (κ2) is 15.8. The number of hydrogen-bond acceptors (Lipinski definition) is 3. The molecule has 0 heterocycles. The van der Waals surface area contributed by atoms with Gasteiger partial charge in [0.2, 0.25) is 0 Å². The van der Waals surface area contributed by atoms with Gasteiger partial charge >= 0.3 is 0 Å². The minimum absolute atomic E-state index is 0.120. The van der Waals surface area contributed by atoms with Crippen molar-refractivity contribution in [2.75, 3.05) is 34.2 Å². The summed E-state index contributed by atoms with van der Waals surface area (Å²) in [5.41, 5.74) is 1.47. The quantitative estimate of drug-likeness (QED) is 0.762. The van der Waals surface area contributed by atoms with Crippen LogP contribution in [-0.4, -0.2) is 49.9 Å². The zero-order chi connectivity index (χ0) is 16.7. The minimum atomic E-state index is -0.120. The van der Waals surface area contributed by atoms with E-state index in [0.717, 1.165) is 12.2 Å². The summed E-state index contributed by atoms with van der Waals surface area (Å²) in [5.74, 6) is -0.120. The normalized spacial score (nSPS) is 9.80. The van der Waals surface area contributed by atoms with Crippen LogP contribution in [-0.2, 0) is 4.79 Å². The lowest BCUT2D eigenvalue weighted by molar-refractivity contribution is -0.118. The first-order chi connectivity index (χ1) is 9.40. The van der Waals surface area contributed by atoms with E-state index < -0.39 is 0 Å². The molecule has 0 fully saturated rings. The average molecular weight is 285 g/mol. The highest BCUT2D eigenvalue weighted by atomic mass is 16.2. The van der Waals surface area contributed by atoms with Gasteiger partial charge in [-0.3, -0.25) is 4.79 Å². The Kier molecular flexibility index (Phi) is 18.7. The summed E-state index contributed by atoms with van der Waals surface area (Å²) in [5, 5.41) is 2.82. The third-order valence-electron chi connectivity index (χ3n) is 2.46. The summed E-state index contributed by atoms with van der Waals surface area (Å²) in [7, 11) is 5.78. The first-order valence-electron chi connectivity index (χ1n) is 7.38. The van der Waals surface area contributed by atoms with E-state index in [0.29, 0.717) is 12.2 Å². The largest absolute Gasteiger partial charge is 0.349 e. The predicted molar refractivity (Wildman–Crippen MR) is 90.6 cm³/mol. The Balaban J connectivity index is -0.000000656. The summed E-state index contributed by atoms with van der Waals surface area (Å²) in [6, 6.07) is 0. The topological polar surface area (TPSA) is 35.6 Å². The van der Waals surface area contributed by atoms with E-state index in [2.05, 4.69) is 11.9 Å². The molecule has 0 saturated carbocycles. The number of nitrogens with one attached hydrogen (secondary N) is 1. The van der Waals surface area contributed by atoms with Crippen molar-refractivity contribution in [1.82, 2.24) is 15.1 Å². The van der Waals surface area contributed by atoms with Crippen molar-refractivity contribution in [2.45, 2.75) is 41.5 Å². The second-order valence-corrected chi connectivity index (χ2v) is 3.99. The predicted octanol–water partition coefficient (Wildman–Crippen LogP) is 3.09. The molecule has 0 saturated heterocycles. The molecule has 0 bridgehead atoms. The maximum absolute atomic E-state index is 11.7. The molecule has 0 radical (unpaired) electrons. The maximum Gasteiger partial charge on any atom is 0.267 e. The number of rotatable bonds is 6. The molecule has 0 atom stereocenters. The van der Waals surface area contributed by atoms with Gasteiger partial charge in [0.25, 0.3) is 5.91 Å². The van der Waals surface area contributed by atoms with Crippen LogP contribution in [0, 0.1) is 0 Å². The Morgan fingerprint density at radius 3 is 1.95 bits per heavy atom. The van der Waals surface area contributed by atoms with Crippen LogP contribution in [0.5, 0.6) is 0 Å². The van der Waals surface area contributed by atoms with Crippen molar-refractivity contribution >= 4 is 5.91 Å². The summed E-state index contributed by atoms with van der Waals surface area (Å²) in [4.78, 5) is 15.5. The van der Waals surface area contributed by atoms with Crippen LogP contribution in [0.25, 0.3) is 0 Å². The van der Waals surface area contributed by atoms with E-state index in [1.54, 1.807) is 4.90 Å². The summed E-state index contributed by atoms with van der Waals surface area (Å²) in [6.45, 7) is 17.1. The van der Waals surface area contributed by atoms with Crippen molar-refractivity contribution in [3.8, 4) is 0 Å². The fourth-order valence-electron chi connectivity index (χ4n) is 1.05. The number of likely N-dealkylation sites (N-methyl/N-ethyl adjacent to an activating group) is 2. The number of allylic oxidation sites excluding steroid dienone is 2. The van der Waals surface area contributed by atoms with Gasteiger partial charge in [-0.05, 0) is 27.9 Å². The number of nitrogens with zero attached hydrogens (tertiary/aromatic N) is 2. The van der Waals surface area contributed by atoms with E-state index in [9.17, 15) is 4.79 Å².